The second-order valence-corrected chi connectivity index (χ2v) is 6.91. The Morgan fingerprint density at radius 1 is 1.20 bits per heavy atom. The molecule has 25 heavy (non-hydrogen) atoms. The smallest absolute Gasteiger partial charge is 0.270 e. The molecule has 0 aliphatic rings. The maximum atomic E-state index is 12.2. The summed E-state index contributed by atoms with van der Waals surface area (Å²) >= 11 is 2.99. The standard InChI is InChI=1S/C17H13N3O3S2/c21-16(12-5-4-6-14(9-12)20(22)23)19-17-18-13(11-25-17)10-24-15-7-2-1-3-8-15/h1-9,11H,10H2,(H,18,19,21). The van der Waals surface area contributed by atoms with E-state index >= 15 is 0 Å². The van der Waals surface area contributed by atoms with Gasteiger partial charge in [-0.15, -0.1) is 23.1 Å². The first-order valence-electron chi connectivity index (χ1n) is 7.30. The van der Waals surface area contributed by atoms with E-state index in [0.717, 1.165) is 10.6 Å². The highest BCUT2D eigenvalue weighted by atomic mass is 32.2. The van der Waals surface area contributed by atoms with Crippen LogP contribution in [0.3, 0.4) is 0 Å². The molecule has 0 aliphatic heterocycles. The van der Waals surface area contributed by atoms with Gasteiger partial charge in [0, 0.05) is 33.7 Å². The first kappa shape index (κ1) is 17.1. The number of nitro benzene ring substituents is 1. The molecule has 0 bridgehead atoms. The molecule has 8 heteroatoms. The molecular weight excluding hydrogens is 358 g/mol. The molecule has 1 heterocycles. The van der Waals surface area contributed by atoms with E-state index in [9.17, 15) is 14.9 Å². The Labute approximate surface area is 152 Å². The fourth-order valence-electron chi connectivity index (χ4n) is 2.03. The predicted molar refractivity (Wildman–Crippen MR) is 99.2 cm³/mol. The molecule has 3 rings (SSSR count). The number of anilines is 1. The lowest BCUT2D eigenvalue weighted by Crippen LogP contribution is -2.11. The molecule has 1 N–H and O–H groups in total. The lowest BCUT2D eigenvalue weighted by Gasteiger charge is -2.01. The van der Waals surface area contributed by atoms with E-state index in [2.05, 4.69) is 10.3 Å². The fourth-order valence-corrected chi connectivity index (χ4v) is 3.66. The molecule has 0 unspecified atom stereocenters. The molecule has 1 amide bonds. The lowest BCUT2D eigenvalue weighted by molar-refractivity contribution is -0.384. The maximum Gasteiger partial charge on any atom is 0.270 e. The van der Waals surface area contributed by atoms with Gasteiger partial charge in [-0.3, -0.25) is 20.2 Å². The number of non-ortho nitro benzene ring substituents is 1. The van der Waals surface area contributed by atoms with Gasteiger partial charge in [0.25, 0.3) is 11.6 Å². The summed E-state index contributed by atoms with van der Waals surface area (Å²) < 4.78 is 0. The van der Waals surface area contributed by atoms with Gasteiger partial charge in [0.15, 0.2) is 5.13 Å². The molecule has 0 aliphatic carbocycles. The highest BCUT2D eigenvalue weighted by molar-refractivity contribution is 7.98. The average Bonchev–Trinajstić information content (AvgIpc) is 3.08. The third-order valence-corrected chi connectivity index (χ3v) is 5.07. The molecule has 0 atom stereocenters. The van der Waals surface area contributed by atoms with Gasteiger partial charge in [0.05, 0.1) is 10.6 Å². The topological polar surface area (TPSA) is 85.1 Å². The number of amides is 1. The number of rotatable bonds is 6. The van der Waals surface area contributed by atoms with Gasteiger partial charge in [-0.25, -0.2) is 4.98 Å². The Balaban J connectivity index is 1.62. The summed E-state index contributed by atoms with van der Waals surface area (Å²) in [5.74, 6) is 0.285. The van der Waals surface area contributed by atoms with E-state index in [1.807, 2.05) is 35.7 Å². The third kappa shape index (κ3) is 4.65. The third-order valence-electron chi connectivity index (χ3n) is 3.22. The van der Waals surface area contributed by atoms with Crippen LogP contribution in [0.4, 0.5) is 10.8 Å². The summed E-state index contributed by atoms with van der Waals surface area (Å²) in [7, 11) is 0. The summed E-state index contributed by atoms with van der Waals surface area (Å²) in [6.07, 6.45) is 0. The average molecular weight is 371 g/mol. The van der Waals surface area contributed by atoms with Crippen molar-refractivity contribution in [2.75, 3.05) is 5.32 Å². The summed E-state index contributed by atoms with van der Waals surface area (Å²) in [6.45, 7) is 0. The zero-order chi connectivity index (χ0) is 17.6. The van der Waals surface area contributed by atoms with Crippen molar-refractivity contribution in [3.63, 3.8) is 0 Å². The predicted octanol–water partition coefficient (Wildman–Crippen LogP) is 4.60. The minimum atomic E-state index is -0.529. The van der Waals surface area contributed by atoms with Crippen LogP contribution in [0.1, 0.15) is 16.1 Å². The number of carbonyl (C=O) groups is 1. The molecule has 2 aromatic carbocycles. The fraction of sp³-hybridized carbons (Fsp3) is 0.0588. The number of aromatic nitrogens is 1. The van der Waals surface area contributed by atoms with Crippen molar-refractivity contribution in [1.82, 2.24) is 4.98 Å². The van der Waals surface area contributed by atoms with Crippen molar-refractivity contribution in [2.45, 2.75) is 10.6 Å². The van der Waals surface area contributed by atoms with Crippen molar-refractivity contribution in [3.05, 3.63) is 81.3 Å². The van der Waals surface area contributed by atoms with Gasteiger partial charge in [-0.2, -0.15) is 0 Å². The van der Waals surface area contributed by atoms with E-state index in [-0.39, 0.29) is 11.3 Å². The lowest BCUT2D eigenvalue weighted by atomic mass is 10.2. The minimum absolute atomic E-state index is 0.119. The van der Waals surface area contributed by atoms with Crippen LogP contribution < -0.4 is 5.32 Å². The van der Waals surface area contributed by atoms with Crippen LogP contribution in [0.2, 0.25) is 0 Å². The quantitative estimate of drug-likeness (QED) is 0.389. The molecule has 0 fully saturated rings. The van der Waals surface area contributed by atoms with Crippen molar-refractivity contribution in [3.8, 4) is 0 Å². The number of hydrogen-bond acceptors (Lipinski definition) is 6. The summed E-state index contributed by atoms with van der Waals surface area (Å²) in [4.78, 5) is 28.0. The van der Waals surface area contributed by atoms with Crippen molar-refractivity contribution in [1.29, 1.82) is 0 Å². The minimum Gasteiger partial charge on any atom is -0.298 e. The van der Waals surface area contributed by atoms with Gasteiger partial charge in [-0.1, -0.05) is 24.3 Å². The number of nitro groups is 1. The van der Waals surface area contributed by atoms with E-state index in [0.29, 0.717) is 10.9 Å². The maximum absolute atomic E-state index is 12.2. The number of benzene rings is 2. The summed E-state index contributed by atoms with van der Waals surface area (Å²) in [6, 6.07) is 15.6. The molecular formula is C17H13N3O3S2. The van der Waals surface area contributed by atoms with E-state index in [1.54, 1.807) is 11.8 Å². The first-order chi connectivity index (χ1) is 12.1. The van der Waals surface area contributed by atoms with Crippen molar-refractivity contribution in [2.24, 2.45) is 0 Å². The van der Waals surface area contributed by atoms with Crippen LogP contribution in [0, 0.1) is 10.1 Å². The molecule has 0 saturated heterocycles. The number of thioether (sulfide) groups is 1. The van der Waals surface area contributed by atoms with E-state index in [1.165, 1.54) is 35.6 Å². The van der Waals surface area contributed by atoms with E-state index < -0.39 is 10.8 Å². The molecule has 0 radical (unpaired) electrons. The largest absolute Gasteiger partial charge is 0.298 e. The number of nitrogens with zero attached hydrogens (tertiary/aromatic N) is 2. The molecule has 0 spiro atoms. The van der Waals surface area contributed by atoms with Crippen LogP contribution in [0.5, 0.6) is 0 Å². The van der Waals surface area contributed by atoms with Crippen LogP contribution in [0.15, 0.2) is 64.9 Å². The van der Waals surface area contributed by atoms with Crippen LogP contribution in [0.25, 0.3) is 0 Å². The Morgan fingerprint density at radius 3 is 2.76 bits per heavy atom. The van der Waals surface area contributed by atoms with Crippen LogP contribution >= 0.6 is 23.1 Å². The van der Waals surface area contributed by atoms with Crippen molar-refractivity contribution < 1.29 is 9.72 Å². The Kier molecular flexibility index (Phi) is 5.42. The van der Waals surface area contributed by atoms with Gasteiger partial charge < -0.3 is 0 Å². The molecule has 6 nitrogen and oxygen atoms in total. The number of carbonyl (C=O) groups excluding carboxylic acids is 1. The number of thiazole rings is 1. The molecule has 126 valence electrons. The zero-order valence-electron chi connectivity index (χ0n) is 12.9. The Hall–Kier alpha value is -2.71. The van der Waals surface area contributed by atoms with E-state index in [4.69, 9.17) is 0 Å². The second kappa shape index (κ2) is 7.91. The van der Waals surface area contributed by atoms with Crippen LogP contribution in [-0.2, 0) is 5.75 Å². The summed E-state index contributed by atoms with van der Waals surface area (Å²) in [5.41, 5.74) is 0.976. The molecule has 3 aromatic rings. The first-order valence-corrected chi connectivity index (χ1v) is 9.16. The zero-order valence-corrected chi connectivity index (χ0v) is 14.5. The number of nitrogens with one attached hydrogen (secondary N) is 1. The van der Waals surface area contributed by atoms with Gasteiger partial charge in [0.1, 0.15) is 0 Å². The normalized spacial score (nSPS) is 10.4. The Bertz CT molecular complexity index is 897. The van der Waals surface area contributed by atoms with Gasteiger partial charge >= 0.3 is 0 Å². The monoisotopic (exact) mass is 371 g/mol. The molecule has 0 saturated carbocycles. The van der Waals surface area contributed by atoms with Crippen LogP contribution in [-0.4, -0.2) is 15.8 Å². The number of hydrogen-bond donors (Lipinski definition) is 1. The molecule has 1 aromatic heterocycles. The van der Waals surface area contributed by atoms with Gasteiger partial charge in [0.2, 0.25) is 0 Å². The van der Waals surface area contributed by atoms with Crippen molar-refractivity contribution >= 4 is 39.8 Å². The Morgan fingerprint density at radius 2 is 2.00 bits per heavy atom. The summed E-state index contributed by atoms with van der Waals surface area (Å²) in [5, 5.41) is 15.8. The van der Waals surface area contributed by atoms with Gasteiger partial charge in [-0.05, 0) is 18.2 Å². The SMILES string of the molecule is O=C(Nc1nc(CSc2ccccc2)cs1)c1cccc([N+](=O)[O-])c1. The highest BCUT2D eigenvalue weighted by Gasteiger charge is 2.13. The second-order valence-electron chi connectivity index (χ2n) is 5.01. The highest BCUT2D eigenvalue weighted by Crippen LogP contribution is 2.25.